The molecule has 1 fully saturated rings. The molecule has 1 N–H and O–H groups in total. The van der Waals surface area contributed by atoms with E-state index in [1.54, 1.807) is 11.3 Å². The fourth-order valence-electron chi connectivity index (χ4n) is 2.32. The van der Waals surface area contributed by atoms with E-state index in [0.717, 1.165) is 32.4 Å². The molecule has 1 unspecified atom stereocenters. The third-order valence-corrected chi connectivity index (χ3v) is 4.39. The number of nitrogens with zero attached hydrogens (tertiary/aromatic N) is 1. The van der Waals surface area contributed by atoms with Gasteiger partial charge in [0, 0.05) is 11.4 Å². The Kier molecular flexibility index (Phi) is 3.30. The summed E-state index contributed by atoms with van der Waals surface area (Å²) < 4.78 is 0. The van der Waals surface area contributed by atoms with Gasteiger partial charge in [0.15, 0.2) is 0 Å². The summed E-state index contributed by atoms with van der Waals surface area (Å²) >= 11 is 1.74. The number of likely N-dealkylation sites (tertiary alicyclic amines) is 1. The summed E-state index contributed by atoms with van der Waals surface area (Å²) in [5, 5.41) is 11.3. The van der Waals surface area contributed by atoms with Crippen LogP contribution in [-0.4, -0.2) is 34.6 Å². The first kappa shape index (κ1) is 11.6. The quantitative estimate of drug-likeness (QED) is 0.876. The van der Waals surface area contributed by atoms with Crippen molar-refractivity contribution >= 4 is 17.3 Å². The van der Waals surface area contributed by atoms with Crippen molar-refractivity contribution in [3.05, 3.63) is 22.4 Å². The van der Waals surface area contributed by atoms with Crippen molar-refractivity contribution in [3.8, 4) is 0 Å². The fraction of sp³-hybridized carbons (Fsp3) is 0.583. The van der Waals surface area contributed by atoms with Crippen molar-refractivity contribution in [2.24, 2.45) is 0 Å². The van der Waals surface area contributed by atoms with Gasteiger partial charge in [-0.1, -0.05) is 6.07 Å². The van der Waals surface area contributed by atoms with Gasteiger partial charge in [-0.25, -0.2) is 0 Å². The van der Waals surface area contributed by atoms with E-state index in [0.29, 0.717) is 0 Å². The molecule has 16 heavy (non-hydrogen) atoms. The summed E-state index contributed by atoms with van der Waals surface area (Å²) in [6, 6.07) is 4.15. The number of aliphatic carboxylic acids is 1. The molecule has 3 nitrogen and oxygen atoms in total. The van der Waals surface area contributed by atoms with E-state index in [4.69, 9.17) is 0 Å². The molecule has 0 radical (unpaired) electrons. The van der Waals surface area contributed by atoms with Crippen LogP contribution in [0.15, 0.2) is 17.5 Å². The molecule has 1 aliphatic heterocycles. The molecule has 0 spiro atoms. The highest BCUT2D eigenvalue weighted by atomic mass is 32.1. The van der Waals surface area contributed by atoms with E-state index in [9.17, 15) is 9.90 Å². The number of thiophene rings is 1. The van der Waals surface area contributed by atoms with Crippen LogP contribution < -0.4 is 0 Å². The molecule has 1 aliphatic rings. The second-order valence-corrected chi connectivity index (χ2v) is 5.53. The van der Waals surface area contributed by atoms with Crippen molar-refractivity contribution in [2.45, 2.75) is 31.7 Å². The van der Waals surface area contributed by atoms with E-state index in [1.165, 1.54) is 4.88 Å². The van der Waals surface area contributed by atoms with Gasteiger partial charge >= 0.3 is 5.97 Å². The smallest absolute Gasteiger partial charge is 0.323 e. The van der Waals surface area contributed by atoms with Crippen LogP contribution in [0.2, 0.25) is 0 Å². The number of rotatable bonds is 4. The Morgan fingerprint density at radius 1 is 1.69 bits per heavy atom. The average molecular weight is 239 g/mol. The summed E-state index contributed by atoms with van der Waals surface area (Å²) in [7, 11) is 0. The molecule has 0 amide bonds. The van der Waals surface area contributed by atoms with E-state index in [1.807, 2.05) is 13.0 Å². The van der Waals surface area contributed by atoms with Crippen LogP contribution in [0.5, 0.6) is 0 Å². The molecular formula is C12H17NO2S. The molecule has 1 aromatic heterocycles. The molecule has 0 saturated carbocycles. The molecule has 88 valence electrons. The third kappa shape index (κ3) is 2.13. The number of hydrogen-bond donors (Lipinski definition) is 1. The molecule has 2 rings (SSSR count). The Morgan fingerprint density at radius 3 is 3.12 bits per heavy atom. The molecule has 1 aromatic rings. The Bertz CT molecular complexity index is 363. The number of carbonyl (C=O) groups is 1. The lowest BCUT2D eigenvalue weighted by Crippen LogP contribution is -2.48. The van der Waals surface area contributed by atoms with Crippen LogP contribution >= 0.6 is 11.3 Å². The average Bonchev–Trinajstić information content (AvgIpc) is 2.85. The Balaban J connectivity index is 1.96. The molecule has 0 bridgehead atoms. The summed E-state index contributed by atoms with van der Waals surface area (Å²) in [4.78, 5) is 14.7. The van der Waals surface area contributed by atoms with Gasteiger partial charge in [0.1, 0.15) is 5.54 Å². The van der Waals surface area contributed by atoms with Crippen LogP contribution in [0, 0.1) is 0 Å². The Labute approximate surface area is 99.7 Å². The highest BCUT2D eigenvalue weighted by Gasteiger charge is 2.42. The first-order chi connectivity index (χ1) is 7.63. The minimum Gasteiger partial charge on any atom is -0.480 e. The van der Waals surface area contributed by atoms with Gasteiger partial charge in [0.2, 0.25) is 0 Å². The van der Waals surface area contributed by atoms with Gasteiger partial charge in [-0.05, 0) is 44.2 Å². The molecule has 2 heterocycles. The van der Waals surface area contributed by atoms with Crippen LogP contribution in [-0.2, 0) is 11.2 Å². The van der Waals surface area contributed by atoms with Crippen LogP contribution in [0.3, 0.4) is 0 Å². The predicted octanol–water partition coefficient (Wildman–Crippen LogP) is 2.23. The lowest BCUT2D eigenvalue weighted by molar-refractivity contribution is -0.148. The topological polar surface area (TPSA) is 40.5 Å². The largest absolute Gasteiger partial charge is 0.480 e. The Morgan fingerprint density at radius 2 is 2.50 bits per heavy atom. The summed E-state index contributed by atoms with van der Waals surface area (Å²) in [5.41, 5.74) is -0.642. The fourth-order valence-corrected chi connectivity index (χ4v) is 3.02. The SMILES string of the molecule is CC1(C(=O)O)CCCN1CCc1cccs1. The van der Waals surface area contributed by atoms with E-state index < -0.39 is 11.5 Å². The first-order valence-electron chi connectivity index (χ1n) is 5.64. The lowest BCUT2D eigenvalue weighted by Gasteiger charge is -2.30. The van der Waals surface area contributed by atoms with Crippen molar-refractivity contribution < 1.29 is 9.90 Å². The van der Waals surface area contributed by atoms with Gasteiger partial charge in [0.05, 0.1) is 0 Å². The van der Waals surface area contributed by atoms with Crippen LogP contribution in [0.4, 0.5) is 0 Å². The highest BCUT2D eigenvalue weighted by molar-refractivity contribution is 7.09. The van der Waals surface area contributed by atoms with E-state index in [-0.39, 0.29) is 0 Å². The Hall–Kier alpha value is -0.870. The van der Waals surface area contributed by atoms with Gasteiger partial charge in [0.25, 0.3) is 0 Å². The molecule has 4 heteroatoms. The summed E-state index contributed by atoms with van der Waals surface area (Å²) in [6.07, 6.45) is 2.72. The van der Waals surface area contributed by atoms with Crippen molar-refractivity contribution in [2.75, 3.05) is 13.1 Å². The number of hydrogen-bond acceptors (Lipinski definition) is 3. The summed E-state index contributed by atoms with van der Waals surface area (Å²) in [5.74, 6) is -0.684. The zero-order valence-electron chi connectivity index (χ0n) is 9.48. The van der Waals surface area contributed by atoms with Crippen LogP contribution in [0.1, 0.15) is 24.6 Å². The highest BCUT2D eigenvalue weighted by Crippen LogP contribution is 2.29. The molecular weight excluding hydrogens is 222 g/mol. The minimum atomic E-state index is -0.684. The molecule has 0 aromatic carbocycles. The summed E-state index contributed by atoms with van der Waals surface area (Å²) in [6.45, 7) is 3.61. The zero-order chi connectivity index (χ0) is 11.6. The molecule has 1 saturated heterocycles. The van der Waals surface area contributed by atoms with Gasteiger partial charge < -0.3 is 5.11 Å². The van der Waals surface area contributed by atoms with Gasteiger partial charge in [-0.3, -0.25) is 9.69 Å². The third-order valence-electron chi connectivity index (χ3n) is 3.46. The second-order valence-electron chi connectivity index (χ2n) is 4.50. The zero-order valence-corrected chi connectivity index (χ0v) is 10.3. The van der Waals surface area contributed by atoms with Crippen molar-refractivity contribution in [3.63, 3.8) is 0 Å². The van der Waals surface area contributed by atoms with Crippen LogP contribution in [0.25, 0.3) is 0 Å². The van der Waals surface area contributed by atoms with E-state index >= 15 is 0 Å². The van der Waals surface area contributed by atoms with E-state index in [2.05, 4.69) is 16.3 Å². The maximum Gasteiger partial charge on any atom is 0.323 e. The number of carboxylic acids is 1. The normalized spacial score (nSPS) is 26.1. The predicted molar refractivity (Wildman–Crippen MR) is 64.9 cm³/mol. The molecule has 0 aliphatic carbocycles. The lowest BCUT2D eigenvalue weighted by atomic mass is 9.99. The minimum absolute atomic E-state index is 0.642. The van der Waals surface area contributed by atoms with Gasteiger partial charge in [-0.15, -0.1) is 11.3 Å². The molecule has 1 atom stereocenters. The first-order valence-corrected chi connectivity index (χ1v) is 6.52. The van der Waals surface area contributed by atoms with Gasteiger partial charge in [-0.2, -0.15) is 0 Å². The second kappa shape index (κ2) is 4.55. The number of carboxylic acid groups (broad SMARTS) is 1. The monoisotopic (exact) mass is 239 g/mol. The standard InChI is InChI=1S/C12H17NO2S/c1-12(11(14)15)6-3-7-13(12)8-5-10-4-2-9-16-10/h2,4,9H,3,5-8H2,1H3,(H,14,15). The maximum absolute atomic E-state index is 11.3. The maximum atomic E-state index is 11.3. The van der Waals surface area contributed by atoms with Crippen molar-refractivity contribution in [1.29, 1.82) is 0 Å². The van der Waals surface area contributed by atoms with Crippen molar-refractivity contribution in [1.82, 2.24) is 4.90 Å².